The molecule has 1 saturated heterocycles. The van der Waals surface area contributed by atoms with Gasteiger partial charge in [0.05, 0.1) is 52.1 Å². The number of phenols is 2. The van der Waals surface area contributed by atoms with Crippen molar-refractivity contribution in [3.63, 3.8) is 0 Å². The number of hydrogen-bond acceptors (Lipinski definition) is 9. The van der Waals surface area contributed by atoms with Gasteiger partial charge >= 0.3 is 0 Å². The summed E-state index contributed by atoms with van der Waals surface area (Å²) in [5.74, 6) is 0.357. The first-order chi connectivity index (χ1) is 17.1. The molecule has 3 aliphatic rings. The topological polar surface area (TPSA) is 132 Å². The molecular weight excluding hydrogens is 468 g/mol. The standard InChI is InChI=1S/C26H32N2O8/c1-10-7-12-8-13-26(33)28-14(9-29)16-17(20(30)11(2)24(35-5)25(16)36-6)21(31)19(28)18(27(13)3)15(12)22(32)23(10)34-4/h7,13-14,18-19,21,29-32H,8-9H2,1-6H3/t13-,14-,18-,19-,21?/m0/s1. The lowest BCUT2D eigenvalue weighted by atomic mass is 9.72. The Morgan fingerprint density at radius 2 is 1.61 bits per heavy atom. The predicted octanol–water partition coefficient (Wildman–Crippen LogP) is 1.63. The summed E-state index contributed by atoms with van der Waals surface area (Å²) in [6, 6.07) is -1.11. The Labute approximate surface area is 209 Å². The first-order valence-electron chi connectivity index (χ1n) is 11.8. The van der Waals surface area contributed by atoms with E-state index in [1.54, 1.807) is 14.0 Å². The number of methoxy groups -OCH3 is 3. The van der Waals surface area contributed by atoms with Crippen molar-refractivity contribution in [2.75, 3.05) is 35.0 Å². The normalized spacial score (nSPS) is 26.7. The number of piperazine rings is 1. The second kappa shape index (κ2) is 8.43. The van der Waals surface area contributed by atoms with Crippen molar-refractivity contribution in [3.8, 4) is 28.7 Å². The molecule has 4 N–H and O–H groups in total. The Kier molecular flexibility index (Phi) is 5.73. The highest BCUT2D eigenvalue weighted by Crippen LogP contribution is 2.59. The van der Waals surface area contributed by atoms with Gasteiger partial charge in [-0.2, -0.15) is 0 Å². The Morgan fingerprint density at radius 1 is 0.972 bits per heavy atom. The van der Waals surface area contributed by atoms with E-state index in [9.17, 15) is 25.2 Å². The van der Waals surface area contributed by atoms with Crippen LogP contribution in [0.2, 0.25) is 0 Å². The van der Waals surface area contributed by atoms with E-state index in [1.807, 2.05) is 17.9 Å². The maximum Gasteiger partial charge on any atom is 0.241 e. The average molecular weight is 501 g/mol. The van der Waals surface area contributed by atoms with E-state index in [0.29, 0.717) is 28.9 Å². The summed E-state index contributed by atoms with van der Waals surface area (Å²) in [6.07, 6.45) is -1.000. The van der Waals surface area contributed by atoms with Crippen molar-refractivity contribution in [2.24, 2.45) is 0 Å². The fraction of sp³-hybridized carbons (Fsp3) is 0.500. The van der Waals surface area contributed by atoms with Crippen molar-refractivity contribution < 1.29 is 39.4 Å². The largest absolute Gasteiger partial charge is 0.507 e. The molecule has 36 heavy (non-hydrogen) atoms. The van der Waals surface area contributed by atoms with Crippen LogP contribution in [0.15, 0.2) is 6.07 Å². The number of aryl methyl sites for hydroxylation is 1. The van der Waals surface area contributed by atoms with Gasteiger partial charge in [0, 0.05) is 22.3 Å². The van der Waals surface area contributed by atoms with Gasteiger partial charge in [0.2, 0.25) is 5.91 Å². The molecule has 5 rings (SSSR count). The molecule has 3 heterocycles. The number of ether oxygens (including phenoxy) is 3. The van der Waals surface area contributed by atoms with Gasteiger partial charge in [-0.25, -0.2) is 0 Å². The Morgan fingerprint density at radius 3 is 2.19 bits per heavy atom. The number of carbonyl (C=O) groups is 1. The van der Waals surface area contributed by atoms with Crippen LogP contribution in [-0.4, -0.2) is 83.2 Å². The van der Waals surface area contributed by atoms with Crippen molar-refractivity contribution in [2.45, 2.75) is 50.5 Å². The molecule has 2 bridgehead atoms. The Bertz CT molecular complexity index is 1260. The lowest BCUT2D eigenvalue weighted by Gasteiger charge is -2.58. The molecule has 0 saturated carbocycles. The first-order valence-corrected chi connectivity index (χ1v) is 11.8. The van der Waals surface area contributed by atoms with Crippen LogP contribution in [0.4, 0.5) is 0 Å². The number of hydrogen-bond donors (Lipinski definition) is 4. The molecule has 1 amide bonds. The highest BCUT2D eigenvalue weighted by Gasteiger charge is 2.58. The second-order valence-corrected chi connectivity index (χ2v) is 9.73. The summed E-state index contributed by atoms with van der Waals surface area (Å²) in [5, 5.41) is 44.9. The molecule has 2 aromatic rings. The van der Waals surface area contributed by atoms with Gasteiger partial charge in [0.15, 0.2) is 23.0 Å². The maximum absolute atomic E-state index is 14.0. The van der Waals surface area contributed by atoms with Crippen LogP contribution in [0.25, 0.3) is 0 Å². The lowest BCUT2D eigenvalue weighted by molar-refractivity contribution is -0.168. The van der Waals surface area contributed by atoms with Crippen LogP contribution >= 0.6 is 0 Å². The van der Waals surface area contributed by atoms with E-state index in [1.165, 1.54) is 26.2 Å². The maximum atomic E-state index is 14.0. The number of nitrogens with zero attached hydrogens (tertiary/aromatic N) is 2. The van der Waals surface area contributed by atoms with Gasteiger partial charge < -0.3 is 39.5 Å². The van der Waals surface area contributed by atoms with Gasteiger partial charge in [-0.05, 0) is 38.4 Å². The van der Waals surface area contributed by atoms with Crippen LogP contribution < -0.4 is 14.2 Å². The van der Waals surface area contributed by atoms with E-state index >= 15 is 0 Å². The quantitative estimate of drug-likeness (QED) is 0.495. The number of amides is 1. The molecule has 10 nitrogen and oxygen atoms in total. The summed E-state index contributed by atoms with van der Waals surface area (Å²) in [5.41, 5.74) is 2.97. The zero-order valence-electron chi connectivity index (χ0n) is 21.2. The molecule has 194 valence electrons. The molecule has 1 fully saturated rings. The lowest BCUT2D eigenvalue weighted by Crippen LogP contribution is -2.67. The number of fused-ring (bicyclic) bond motifs is 7. The van der Waals surface area contributed by atoms with Gasteiger partial charge in [-0.15, -0.1) is 0 Å². The number of likely N-dealkylation sites (N-methyl/N-ethyl adjacent to an activating group) is 1. The molecule has 10 heteroatoms. The Hall–Kier alpha value is -3.21. The third-order valence-corrected chi connectivity index (χ3v) is 8.15. The molecule has 0 aromatic heterocycles. The van der Waals surface area contributed by atoms with Crippen LogP contribution in [0.5, 0.6) is 28.7 Å². The van der Waals surface area contributed by atoms with Crippen LogP contribution in [-0.2, 0) is 11.2 Å². The highest BCUT2D eigenvalue weighted by molar-refractivity contribution is 5.86. The van der Waals surface area contributed by atoms with Gasteiger partial charge in [-0.1, -0.05) is 6.07 Å². The van der Waals surface area contributed by atoms with Gasteiger partial charge in [0.25, 0.3) is 0 Å². The molecule has 5 atom stereocenters. The zero-order valence-corrected chi connectivity index (χ0v) is 21.2. The van der Waals surface area contributed by atoms with Gasteiger partial charge in [-0.3, -0.25) is 9.69 Å². The molecule has 0 aliphatic carbocycles. The predicted molar refractivity (Wildman–Crippen MR) is 129 cm³/mol. The highest BCUT2D eigenvalue weighted by atomic mass is 16.5. The van der Waals surface area contributed by atoms with E-state index in [-0.39, 0.29) is 34.5 Å². The minimum Gasteiger partial charge on any atom is -0.507 e. The fourth-order valence-corrected chi connectivity index (χ4v) is 6.62. The summed E-state index contributed by atoms with van der Waals surface area (Å²) in [4.78, 5) is 17.3. The van der Waals surface area contributed by atoms with Crippen LogP contribution in [0.3, 0.4) is 0 Å². The summed E-state index contributed by atoms with van der Waals surface area (Å²) in [7, 11) is 6.14. The smallest absolute Gasteiger partial charge is 0.241 e. The minimum absolute atomic E-state index is 0.0386. The second-order valence-electron chi connectivity index (χ2n) is 9.73. The van der Waals surface area contributed by atoms with E-state index < -0.39 is 36.9 Å². The number of aliphatic hydroxyl groups is 2. The van der Waals surface area contributed by atoms with Crippen LogP contribution in [0, 0.1) is 13.8 Å². The summed E-state index contributed by atoms with van der Waals surface area (Å²) >= 11 is 0. The molecule has 0 spiro atoms. The molecule has 3 aliphatic heterocycles. The number of carbonyl (C=O) groups excluding carboxylic acids is 1. The van der Waals surface area contributed by atoms with Crippen molar-refractivity contribution in [3.05, 3.63) is 39.4 Å². The number of rotatable bonds is 4. The first kappa shape index (κ1) is 24.5. The summed E-state index contributed by atoms with van der Waals surface area (Å²) in [6.45, 7) is 3.01. The van der Waals surface area contributed by atoms with E-state index in [2.05, 4.69) is 0 Å². The van der Waals surface area contributed by atoms with Crippen molar-refractivity contribution in [1.29, 1.82) is 0 Å². The zero-order chi connectivity index (χ0) is 26.2. The molecular formula is C26H32N2O8. The molecule has 1 unspecified atom stereocenters. The fourth-order valence-electron chi connectivity index (χ4n) is 6.62. The van der Waals surface area contributed by atoms with Crippen LogP contribution in [0.1, 0.15) is 51.6 Å². The van der Waals surface area contributed by atoms with Crippen molar-refractivity contribution in [1.82, 2.24) is 9.80 Å². The van der Waals surface area contributed by atoms with Gasteiger partial charge in [0.1, 0.15) is 11.9 Å². The number of benzene rings is 2. The third kappa shape index (κ3) is 2.92. The monoisotopic (exact) mass is 500 g/mol. The number of aromatic hydroxyl groups is 2. The van der Waals surface area contributed by atoms with E-state index in [0.717, 1.165) is 11.1 Å². The van der Waals surface area contributed by atoms with E-state index in [4.69, 9.17) is 14.2 Å². The minimum atomic E-state index is -1.35. The van der Waals surface area contributed by atoms with Crippen molar-refractivity contribution >= 4 is 5.91 Å². The SMILES string of the molecule is COc1c(C)cc2c(c1O)[C@H]1[C@H]3C(O)c4c(O)c(C)c(OC)c(OC)c4[C@H](CO)N3C(=O)[C@H](C2)N1C. The average Bonchev–Trinajstić information content (AvgIpc) is 2.84. The number of phenolic OH excluding ortho intramolecular Hbond substituents is 2. The molecule has 0 radical (unpaired) electrons. The third-order valence-electron chi connectivity index (χ3n) is 8.15. The molecule has 2 aromatic carbocycles. The summed E-state index contributed by atoms with van der Waals surface area (Å²) < 4.78 is 16.6. The Balaban J connectivity index is 1.82. The number of aliphatic hydroxyl groups excluding tert-OH is 2.